The summed E-state index contributed by atoms with van der Waals surface area (Å²) in [5.74, 6) is 1.02. The number of nitrogens with one attached hydrogen (secondary N) is 1. The van der Waals surface area contributed by atoms with Crippen molar-refractivity contribution in [3.05, 3.63) is 18.2 Å². The van der Waals surface area contributed by atoms with Crippen LogP contribution in [0.25, 0.3) is 0 Å². The highest BCUT2D eigenvalue weighted by Crippen LogP contribution is 2.18. The molecule has 1 saturated heterocycles. The van der Waals surface area contributed by atoms with Crippen molar-refractivity contribution in [2.45, 2.75) is 32.7 Å². The number of aromatic nitrogens is 2. The first kappa shape index (κ1) is 14.6. The second-order valence-electron chi connectivity index (χ2n) is 5.34. The van der Waals surface area contributed by atoms with Crippen molar-refractivity contribution in [2.24, 2.45) is 13.0 Å². The molecule has 1 fully saturated rings. The number of hydrogen-bond acceptors (Lipinski definition) is 3. The van der Waals surface area contributed by atoms with Crippen LogP contribution in [0.2, 0.25) is 0 Å². The summed E-state index contributed by atoms with van der Waals surface area (Å²) in [4.78, 5) is 30.1. The fourth-order valence-electron chi connectivity index (χ4n) is 2.58. The van der Waals surface area contributed by atoms with Gasteiger partial charge < -0.3 is 14.8 Å². The maximum atomic E-state index is 12.1. The molecule has 0 aromatic carbocycles. The molecule has 2 unspecified atom stereocenters. The van der Waals surface area contributed by atoms with Crippen molar-refractivity contribution in [3.8, 4) is 0 Å². The molecule has 6 heteroatoms. The molecule has 2 amide bonds. The zero-order valence-corrected chi connectivity index (χ0v) is 12.3. The van der Waals surface area contributed by atoms with Gasteiger partial charge in [-0.15, -0.1) is 0 Å². The first-order valence-corrected chi connectivity index (χ1v) is 7.08. The van der Waals surface area contributed by atoms with E-state index >= 15 is 0 Å². The molecule has 2 heterocycles. The van der Waals surface area contributed by atoms with Crippen LogP contribution in [0.5, 0.6) is 0 Å². The lowest BCUT2D eigenvalue weighted by Gasteiger charge is -2.38. The van der Waals surface area contributed by atoms with Gasteiger partial charge in [0.2, 0.25) is 11.8 Å². The van der Waals surface area contributed by atoms with Crippen LogP contribution in [0.4, 0.5) is 0 Å². The minimum Gasteiger partial charge on any atom is -0.345 e. The number of imidazole rings is 1. The van der Waals surface area contributed by atoms with E-state index in [4.69, 9.17) is 0 Å². The summed E-state index contributed by atoms with van der Waals surface area (Å²) >= 11 is 0. The lowest BCUT2D eigenvalue weighted by Crippen LogP contribution is -2.60. The Kier molecular flexibility index (Phi) is 4.42. The first-order chi connectivity index (χ1) is 9.54. The van der Waals surface area contributed by atoms with E-state index in [2.05, 4.69) is 10.3 Å². The predicted octanol–water partition coefficient (Wildman–Crippen LogP) is 0.336. The minimum absolute atomic E-state index is 0.0101. The summed E-state index contributed by atoms with van der Waals surface area (Å²) in [5.41, 5.74) is 0. The van der Waals surface area contributed by atoms with Crippen LogP contribution < -0.4 is 5.32 Å². The number of carbonyl (C=O) groups excluding carboxylic acids is 2. The van der Waals surface area contributed by atoms with E-state index in [1.54, 1.807) is 11.1 Å². The summed E-state index contributed by atoms with van der Waals surface area (Å²) in [5, 5.41) is 2.68. The summed E-state index contributed by atoms with van der Waals surface area (Å²) in [7, 11) is 1.93. The first-order valence-electron chi connectivity index (χ1n) is 7.08. The van der Waals surface area contributed by atoms with E-state index in [0.717, 1.165) is 12.2 Å². The maximum Gasteiger partial charge on any atom is 0.243 e. The van der Waals surface area contributed by atoms with Gasteiger partial charge in [-0.25, -0.2) is 4.98 Å². The van der Waals surface area contributed by atoms with Crippen molar-refractivity contribution < 1.29 is 9.59 Å². The molecule has 0 bridgehead atoms. The topological polar surface area (TPSA) is 67.2 Å². The second-order valence-corrected chi connectivity index (χ2v) is 5.34. The highest BCUT2D eigenvalue weighted by Gasteiger charge is 2.37. The molecule has 1 aliphatic heterocycles. The van der Waals surface area contributed by atoms with Gasteiger partial charge in [-0.2, -0.15) is 0 Å². The van der Waals surface area contributed by atoms with Gasteiger partial charge >= 0.3 is 0 Å². The maximum absolute atomic E-state index is 12.1. The van der Waals surface area contributed by atoms with E-state index < -0.39 is 0 Å². The molecular weight excluding hydrogens is 256 g/mol. The Bertz CT molecular complexity index is 497. The zero-order valence-electron chi connectivity index (χ0n) is 12.3. The number of carbonyl (C=O) groups is 2. The Morgan fingerprint density at radius 1 is 1.50 bits per heavy atom. The molecule has 1 aromatic rings. The second kappa shape index (κ2) is 6.07. The van der Waals surface area contributed by atoms with Crippen LogP contribution in [0.15, 0.2) is 12.4 Å². The summed E-state index contributed by atoms with van der Waals surface area (Å²) in [6.07, 6.45) is 5.15. The largest absolute Gasteiger partial charge is 0.345 e. The molecule has 2 rings (SSSR count). The molecular formula is C14H22N4O2. The van der Waals surface area contributed by atoms with Gasteiger partial charge in [-0.3, -0.25) is 9.59 Å². The number of nitrogens with zero attached hydrogens (tertiary/aromatic N) is 3. The lowest BCUT2D eigenvalue weighted by molar-refractivity contribution is -0.147. The normalized spacial score (nSPS) is 20.9. The van der Waals surface area contributed by atoms with E-state index in [1.807, 2.05) is 31.7 Å². The predicted molar refractivity (Wildman–Crippen MR) is 74.9 cm³/mol. The minimum atomic E-state index is -0.360. The lowest BCUT2D eigenvalue weighted by atomic mass is 9.95. The van der Waals surface area contributed by atoms with Crippen LogP contribution in [-0.4, -0.2) is 45.4 Å². The fourth-order valence-corrected chi connectivity index (χ4v) is 2.58. The van der Waals surface area contributed by atoms with Crippen LogP contribution in [0.3, 0.4) is 0 Å². The molecule has 110 valence electrons. The molecule has 1 aromatic heterocycles. The number of rotatable bonds is 5. The Hall–Kier alpha value is -1.85. The third-order valence-corrected chi connectivity index (χ3v) is 4.02. The Labute approximate surface area is 119 Å². The quantitative estimate of drug-likeness (QED) is 0.844. The van der Waals surface area contributed by atoms with Crippen LogP contribution >= 0.6 is 0 Å². The smallest absolute Gasteiger partial charge is 0.243 e. The Morgan fingerprint density at radius 3 is 2.85 bits per heavy atom. The SMILES string of the molecule is CCC(C)C1C(=O)NCC(=O)N1CCc1nccn1C. The molecule has 6 nitrogen and oxygen atoms in total. The van der Waals surface area contributed by atoms with Crippen LogP contribution in [0.1, 0.15) is 26.1 Å². The highest BCUT2D eigenvalue weighted by atomic mass is 16.2. The molecule has 20 heavy (non-hydrogen) atoms. The number of amides is 2. The molecule has 0 saturated carbocycles. The molecule has 2 atom stereocenters. The van der Waals surface area contributed by atoms with Gasteiger partial charge in [0, 0.05) is 32.4 Å². The van der Waals surface area contributed by atoms with Gasteiger partial charge in [0.15, 0.2) is 0 Å². The van der Waals surface area contributed by atoms with E-state index in [1.165, 1.54) is 0 Å². The summed E-state index contributed by atoms with van der Waals surface area (Å²) < 4.78 is 1.94. The van der Waals surface area contributed by atoms with Crippen molar-refractivity contribution in [3.63, 3.8) is 0 Å². The number of hydrogen-bond donors (Lipinski definition) is 1. The summed E-state index contributed by atoms with van der Waals surface area (Å²) in [6.45, 7) is 4.68. The Balaban J connectivity index is 2.10. The van der Waals surface area contributed by atoms with E-state index in [9.17, 15) is 9.59 Å². The van der Waals surface area contributed by atoms with Gasteiger partial charge in [0.25, 0.3) is 0 Å². The van der Waals surface area contributed by atoms with E-state index in [-0.39, 0.29) is 30.3 Å². The third-order valence-electron chi connectivity index (χ3n) is 4.02. The van der Waals surface area contributed by atoms with Gasteiger partial charge in [0.1, 0.15) is 11.9 Å². The van der Waals surface area contributed by atoms with Crippen molar-refractivity contribution in [1.29, 1.82) is 0 Å². The number of aryl methyl sites for hydroxylation is 1. The fraction of sp³-hybridized carbons (Fsp3) is 0.643. The highest BCUT2D eigenvalue weighted by molar-refractivity contribution is 5.95. The Morgan fingerprint density at radius 2 is 2.25 bits per heavy atom. The number of piperazine rings is 1. The van der Waals surface area contributed by atoms with Crippen molar-refractivity contribution in [1.82, 2.24) is 19.8 Å². The van der Waals surface area contributed by atoms with Gasteiger partial charge in [0.05, 0.1) is 6.54 Å². The molecule has 1 N–H and O–H groups in total. The average Bonchev–Trinajstić information content (AvgIpc) is 2.84. The molecule has 0 aliphatic carbocycles. The van der Waals surface area contributed by atoms with Crippen LogP contribution in [-0.2, 0) is 23.1 Å². The standard InChI is InChI=1S/C14H22N4O2/c1-4-10(2)13-14(20)16-9-12(19)18(13)7-5-11-15-6-8-17(11)3/h6,8,10,13H,4-5,7,9H2,1-3H3,(H,16,20). The molecule has 0 spiro atoms. The summed E-state index contributed by atoms with van der Waals surface area (Å²) in [6, 6.07) is -0.360. The van der Waals surface area contributed by atoms with Gasteiger partial charge in [-0.05, 0) is 5.92 Å². The van der Waals surface area contributed by atoms with Crippen LogP contribution in [0, 0.1) is 5.92 Å². The molecule has 0 radical (unpaired) electrons. The van der Waals surface area contributed by atoms with E-state index in [0.29, 0.717) is 13.0 Å². The zero-order chi connectivity index (χ0) is 14.7. The monoisotopic (exact) mass is 278 g/mol. The molecule has 1 aliphatic rings. The van der Waals surface area contributed by atoms with Crippen molar-refractivity contribution in [2.75, 3.05) is 13.1 Å². The third kappa shape index (κ3) is 2.84. The average molecular weight is 278 g/mol. The van der Waals surface area contributed by atoms with Crippen molar-refractivity contribution >= 4 is 11.8 Å². The van der Waals surface area contributed by atoms with Gasteiger partial charge in [-0.1, -0.05) is 20.3 Å².